The van der Waals surface area contributed by atoms with Gasteiger partial charge in [-0.1, -0.05) is 23.7 Å². The third-order valence-electron chi connectivity index (χ3n) is 3.89. The van der Waals surface area contributed by atoms with Crippen LogP contribution in [-0.2, 0) is 4.79 Å². The first kappa shape index (κ1) is 16.8. The number of para-hydroxylation sites is 1. The first-order valence-electron chi connectivity index (χ1n) is 7.69. The largest absolute Gasteiger partial charge is 0.333 e. The number of urea groups is 1. The topological polar surface area (TPSA) is 85.2 Å². The summed E-state index contributed by atoms with van der Waals surface area (Å²) in [5.41, 5.74) is 1.75. The SMILES string of the molecule is N#Cc1ccc(N2CC(NC(=O)Nc3ccccc3Cl)CC2=O)cc1. The Balaban J connectivity index is 1.61. The molecule has 1 fully saturated rings. The Morgan fingerprint density at radius 1 is 1.20 bits per heavy atom. The minimum absolute atomic E-state index is 0.0762. The van der Waals surface area contributed by atoms with Gasteiger partial charge in [-0.3, -0.25) is 4.79 Å². The fourth-order valence-corrected chi connectivity index (χ4v) is 2.86. The molecule has 1 heterocycles. The zero-order chi connectivity index (χ0) is 17.8. The molecule has 3 rings (SSSR count). The molecule has 0 bridgehead atoms. The molecule has 1 unspecified atom stereocenters. The molecule has 0 spiro atoms. The Kier molecular flexibility index (Phi) is 4.87. The second-order valence-corrected chi connectivity index (χ2v) is 6.05. The fourth-order valence-electron chi connectivity index (χ4n) is 2.68. The van der Waals surface area contributed by atoms with Crippen molar-refractivity contribution >= 4 is 34.9 Å². The smallest absolute Gasteiger partial charge is 0.319 e. The van der Waals surface area contributed by atoms with E-state index in [0.717, 1.165) is 0 Å². The first-order valence-corrected chi connectivity index (χ1v) is 8.07. The molecular weight excluding hydrogens is 340 g/mol. The van der Waals surface area contributed by atoms with Crippen LogP contribution < -0.4 is 15.5 Å². The van der Waals surface area contributed by atoms with E-state index in [0.29, 0.717) is 28.5 Å². The number of carbonyl (C=O) groups excluding carboxylic acids is 2. The Morgan fingerprint density at radius 3 is 2.60 bits per heavy atom. The maximum absolute atomic E-state index is 12.2. The quantitative estimate of drug-likeness (QED) is 0.887. The number of benzene rings is 2. The van der Waals surface area contributed by atoms with E-state index in [9.17, 15) is 9.59 Å². The molecule has 3 amide bonds. The molecule has 1 aliphatic rings. The van der Waals surface area contributed by atoms with Crippen molar-refractivity contribution in [3.8, 4) is 6.07 Å². The fraction of sp³-hybridized carbons (Fsp3) is 0.167. The van der Waals surface area contributed by atoms with Gasteiger partial charge < -0.3 is 15.5 Å². The lowest BCUT2D eigenvalue weighted by Gasteiger charge is -2.17. The molecule has 2 N–H and O–H groups in total. The van der Waals surface area contributed by atoms with Gasteiger partial charge in [-0.15, -0.1) is 0 Å². The number of hydrogen-bond donors (Lipinski definition) is 2. The Labute approximate surface area is 150 Å². The number of rotatable bonds is 3. The lowest BCUT2D eigenvalue weighted by Crippen LogP contribution is -2.39. The summed E-state index contributed by atoms with van der Waals surface area (Å²) in [6.07, 6.45) is 0.218. The minimum Gasteiger partial charge on any atom is -0.333 e. The van der Waals surface area contributed by atoms with Gasteiger partial charge in [0.25, 0.3) is 0 Å². The number of halogens is 1. The van der Waals surface area contributed by atoms with E-state index in [4.69, 9.17) is 16.9 Å². The zero-order valence-electron chi connectivity index (χ0n) is 13.2. The molecule has 1 aliphatic heterocycles. The first-order chi connectivity index (χ1) is 12.1. The van der Waals surface area contributed by atoms with Crippen molar-refractivity contribution in [2.24, 2.45) is 0 Å². The van der Waals surface area contributed by atoms with Crippen molar-refractivity contribution in [2.45, 2.75) is 12.5 Å². The van der Waals surface area contributed by atoms with E-state index in [1.54, 1.807) is 53.4 Å². The highest BCUT2D eigenvalue weighted by molar-refractivity contribution is 6.33. The number of carbonyl (C=O) groups is 2. The summed E-state index contributed by atoms with van der Waals surface area (Å²) in [4.78, 5) is 25.9. The molecule has 7 heteroatoms. The maximum atomic E-state index is 12.2. The maximum Gasteiger partial charge on any atom is 0.319 e. The third-order valence-corrected chi connectivity index (χ3v) is 4.22. The summed E-state index contributed by atoms with van der Waals surface area (Å²) >= 11 is 6.01. The van der Waals surface area contributed by atoms with Crippen LogP contribution in [0.5, 0.6) is 0 Å². The summed E-state index contributed by atoms with van der Waals surface area (Å²) in [5.74, 6) is -0.0762. The van der Waals surface area contributed by atoms with Gasteiger partial charge in [-0.25, -0.2) is 4.79 Å². The highest BCUT2D eigenvalue weighted by Crippen LogP contribution is 2.23. The van der Waals surface area contributed by atoms with Crippen molar-refractivity contribution in [2.75, 3.05) is 16.8 Å². The van der Waals surface area contributed by atoms with Gasteiger partial charge >= 0.3 is 6.03 Å². The lowest BCUT2D eigenvalue weighted by molar-refractivity contribution is -0.117. The van der Waals surface area contributed by atoms with E-state index < -0.39 is 6.03 Å². The monoisotopic (exact) mass is 354 g/mol. The van der Waals surface area contributed by atoms with E-state index in [2.05, 4.69) is 10.6 Å². The van der Waals surface area contributed by atoms with Crippen molar-refractivity contribution < 1.29 is 9.59 Å². The van der Waals surface area contributed by atoms with Gasteiger partial charge in [-0.05, 0) is 36.4 Å². The summed E-state index contributed by atoms with van der Waals surface area (Å²) in [7, 11) is 0. The van der Waals surface area contributed by atoms with Gasteiger partial charge in [0.1, 0.15) is 0 Å². The second kappa shape index (κ2) is 7.24. The summed E-state index contributed by atoms with van der Waals surface area (Å²) in [6, 6.07) is 15.0. The zero-order valence-corrected chi connectivity index (χ0v) is 14.0. The molecule has 25 heavy (non-hydrogen) atoms. The third kappa shape index (κ3) is 3.90. The van der Waals surface area contributed by atoms with Crippen molar-refractivity contribution in [1.29, 1.82) is 5.26 Å². The number of amides is 3. The number of nitrogens with one attached hydrogen (secondary N) is 2. The number of hydrogen-bond acceptors (Lipinski definition) is 3. The molecule has 1 saturated heterocycles. The lowest BCUT2D eigenvalue weighted by atomic mass is 10.2. The van der Waals surface area contributed by atoms with Crippen LogP contribution in [0.3, 0.4) is 0 Å². The van der Waals surface area contributed by atoms with Crippen molar-refractivity contribution in [1.82, 2.24) is 5.32 Å². The predicted octanol–water partition coefficient (Wildman–Crippen LogP) is 3.14. The van der Waals surface area contributed by atoms with E-state index in [1.807, 2.05) is 6.07 Å². The highest BCUT2D eigenvalue weighted by Gasteiger charge is 2.31. The van der Waals surface area contributed by atoms with Gasteiger partial charge in [-0.2, -0.15) is 5.26 Å². The average Bonchev–Trinajstić information content (AvgIpc) is 2.97. The molecule has 0 radical (unpaired) electrons. The van der Waals surface area contributed by atoms with Crippen LogP contribution in [0, 0.1) is 11.3 Å². The van der Waals surface area contributed by atoms with Crippen LogP contribution in [0.25, 0.3) is 0 Å². The van der Waals surface area contributed by atoms with Crippen LogP contribution >= 0.6 is 11.6 Å². The van der Waals surface area contributed by atoms with E-state index in [1.165, 1.54) is 0 Å². The van der Waals surface area contributed by atoms with E-state index >= 15 is 0 Å². The summed E-state index contributed by atoms with van der Waals surface area (Å²) in [5, 5.41) is 14.7. The van der Waals surface area contributed by atoms with Gasteiger partial charge in [0.05, 0.1) is 28.4 Å². The molecule has 0 aromatic heterocycles. The molecule has 126 valence electrons. The second-order valence-electron chi connectivity index (χ2n) is 5.64. The summed E-state index contributed by atoms with van der Waals surface area (Å²) in [6.45, 7) is 0.376. The van der Waals surface area contributed by atoms with E-state index in [-0.39, 0.29) is 18.4 Å². The number of anilines is 2. The molecule has 6 nitrogen and oxygen atoms in total. The standard InChI is InChI=1S/C18H15ClN4O2/c19-15-3-1-2-4-16(15)22-18(25)21-13-9-17(24)23(11-13)14-7-5-12(10-20)6-8-14/h1-8,13H,9,11H2,(H2,21,22,25). The van der Waals surface area contributed by atoms with Crippen molar-refractivity contribution in [3.63, 3.8) is 0 Å². The number of nitriles is 1. The number of nitrogens with zero attached hydrogens (tertiary/aromatic N) is 2. The Hall–Kier alpha value is -3.04. The van der Waals surface area contributed by atoms with Crippen LogP contribution in [0.15, 0.2) is 48.5 Å². The molecule has 0 aliphatic carbocycles. The minimum atomic E-state index is -0.410. The Morgan fingerprint density at radius 2 is 1.92 bits per heavy atom. The molecule has 2 aromatic carbocycles. The molecule has 2 aromatic rings. The van der Waals surface area contributed by atoms with Crippen LogP contribution in [0.2, 0.25) is 5.02 Å². The Bertz CT molecular complexity index is 845. The van der Waals surface area contributed by atoms with Gasteiger partial charge in [0.2, 0.25) is 5.91 Å². The van der Waals surface area contributed by atoms with Gasteiger partial charge in [0.15, 0.2) is 0 Å². The van der Waals surface area contributed by atoms with Crippen LogP contribution in [-0.4, -0.2) is 24.5 Å². The molecular formula is C18H15ClN4O2. The molecule has 1 atom stereocenters. The van der Waals surface area contributed by atoms with Crippen LogP contribution in [0.4, 0.5) is 16.2 Å². The normalized spacial score (nSPS) is 16.4. The average molecular weight is 355 g/mol. The van der Waals surface area contributed by atoms with Crippen molar-refractivity contribution in [3.05, 3.63) is 59.1 Å². The van der Waals surface area contributed by atoms with Crippen LogP contribution in [0.1, 0.15) is 12.0 Å². The van der Waals surface area contributed by atoms with Gasteiger partial charge in [0, 0.05) is 18.7 Å². The summed E-state index contributed by atoms with van der Waals surface area (Å²) < 4.78 is 0. The predicted molar refractivity (Wildman–Crippen MR) is 95.5 cm³/mol. The molecule has 0 saturated carbocycles. The highest BCUT2D eigenvalue weighted by atomic mass is 35.5.